The Morgan fingerprint density at radius 3 is 2.00 bits per heavy atom. The monoisotopic (exact) mass is 335 g/mol. The molecule has 1 fully saturated rings. The van der Waals surface area contributed by atoms with Crippen molar-refractivity contribution in [2.45, 2.75) is 41.0 Å². The molecule has 2 N–H and O–H groups in total. The standard InChI is InChI=1S/C13H18FNO4S2/c1-8(15)13(4-5-13)9-6-10(14)12(21(3,18)19)11(7-9)20(2,16)17/h6-8H,4-5,15H2,1-3H3. The first-order valence-electron chi connectivity index (χ1n) is 6.39. The van der Waals surface area contributed by atoms with Crippen LogP contribution >= 0.6 is 0 Å². The van der Waals surface area contributed by atoms with Crippen LogP contribution in [-0.4, -0.2) is 35.4 Å². The zero-order valence-electron chi connectivity index (χ0n) is 12.1. The van der Waals surface area contributed by atoms with E-state index in [1.807, 2.05) is 0 Å². The predicted octanol–water partition coefficient (Wildman–Crippen LogP) is 1.01. The minimum Gasteiger partial charge on any atom is -0.327 e. The van der Waals surface area contributed by atoms with Crippen LogP contribution in [0.5, 0.6) is 0 Å². The van der Waals surface area contributed by atoms with Crippen LogP contribution in [0.1, 0.15) is 25.3 Å². The van der Waals surface area contributed by atoms with Crippen molar-refractivity contribution in [2.24, 2.45) is 5.73 Å². The van der Waals surface area contributed by atoms with Crippen LogP contribution < -0.4 is 5.73 Å². The van der Waals surface area contributed by atoms with Crippen molar-refractivity contribution in [2.75, 3.05) is 12.5 Å². The molecule has 8 heteroatoms. The van der Waals surface area contributed by atoms with Gasteiger partial charge in [0.2, 0.25) is 0 Å². The number of nitrogens with two attached hydrogens (primary N) is 1. The van der Waals surface area contributed by atoms with Gasteiger partial charge in [-0.25, -0.2) is 21.2 Å². The topological polar surface area (TPSA) is 94.3 Å². The van der Waals surface area contributed by atoms with Crippen molar-refractivity contribution in [1.29, 1.82) is 0 Å². The molecule has 21 heavy (non-hydrogen) atoms. The summed E-state index contributed by atoms with van der Waals surface area (Å²) >= 11 is 0. The smallest absolute Gasteiger partial charge is 0.179 e. The van der Waals surface area contributed by atoms with E-state index in [0.717, 1.165) is 31.4 Å². The average molecular weight is 335 g/mol. The van der Waals surface area contributed by atoms with Crippen molar-refractivity contribution in [3.63, 3.8) is 0 Å². The third-order valence-corrected chi connectivity index (χ3v) is 6.42. The lowest BCUT2D eigenvalue weighted by atomic mass is 9.89. The van der Waals surface area contributed by atoms with Gasteiger partial charge in [-0.1, -0.05) is 0 Å². The highest BCUT2D eigenvalue weighted by atomic mass is 32.2. The Bertz CT molecular complexity index is 794. The molecule has 0 bridgehead atoms. The van der Waals surface area contributed by atoms with E-state index in [0.29, 0.717) is 5.56 Å². The molecule has 0 aromatic heterocycles. The lowest BCUT2D eigenvalue weighted by molar-refractivity contribution is 0.528. The molecule has 1 unspecified atom stereocenters. The largest absolute Gasteiger partial charge is 0.327 e. The van der Waals surface area contributed by atoms with E-state index >= 15 is 0 Å². The summed E-state index contributed by atoms with van der Waals surface area (Å²) in [5.74, 6) is -1.04. The number of halogens is 1. The highest BCUT2D eigenvalue weighted by Gasteiger charge is 2.48. The third kappa shape index (κ3) is 2.84. The fraction of sp³-hybridized carbons (Fsp3) is 0.538. The molecular formula is C13H18FNO4S2. The summed E-state index contributed by atoms with van der Waals surface area (Å²) in [6.07, 6.45) is 3.11. The van der Waals surface area contributed by atoms with Crippen molar-refractivity contribution in [1.82, 2.24) is 0 Å². The van der Waals surface area contributed by atoms with Crippen LogP contribution in [0.2, 0.25) is 0 Å². The van der Waals surface area contributed by atoms with E-state index in [-0.39, 0.29) is 6.04 Å². The van der Waals surface area contributed by atoms with E-state index in [2.05, 4.69) is 0 Å². The summed E-state index contributed by atoms with van der Waals surface area (Å²) in [6.45, 7) is 1.77. The highest BCUT2D eigenvalue weighted by molar-refractivity contribution is 7.93. The molecule has 0 radical (unpaired) electrons. The maximum absolute atomic E-state index is 14.3. The summed E-state index contributed by atoms with van der Waals surface area (Å²) in [4.78, 5) is -1.26. The number of benzene rings is 1. The van der Waals surface area contributed by atoms with Gasteiger partial charge in [-0.05, 0) is 37.5 Å². The second kappa shape index (κ2) is 4.76. The number of rotatable bonds is 4. The lowest BCUT2D eigenvalue weighted by Gasteiger charge is -2.22. The van der Waals surface area contributed by atoms with Gasteiger partial charge in [0.25, 0.3) is 0 Å². The maximum atomic E-state index is 14.3. The molecule has 0 saturated heterocycles. The molecule has 0 amide bonds. The maximum Gasteiger partial charge on any atom is 0.179 e. The summed E-state index contributed by atoms with van der Waals surface area (Å²) in [5.41, 5.74) is 5.89. The van der Waals surface area contributed by atoms with E-state index in [1.54, 1.807) is 6.92 Å². The summed E-state index contributed by atoms with van der Waals surface area (Å²) < 4.78 is 61.4. The molecule has 0 heterocycles. The number of hydrogen-bond acceptors (Lipinski definition) is 5. The van der Waals surface area contributed by atoms with E-state index in [9.17, 15) is 21.2 Å². The van der Waals surface area contributed by atoms with Gasteiger partial charge in [0.15, 0.2) is 19.7 Å². The van der Waals surface area contributed by atoms with Gasteiger partial charge in [0, 0.05) is 24.0 Å². The summed E-state index contributed by atoms with van der Waals surface area (Å²) in [7, 11) is -7.87. The zero-order chi connectivity index (χ0) is 16.2. The predicted molar refractivity (Wildman–Crippen MR) is 77.2 cm³/mol. The summed E-state index contributed by atoms with van der Waals surface area (Å²) in [5, 5.41) is 0. The number of sulfone groups is 2. The van der Waals surface area contributed by atoms with Crippen LogP contribution in [-0.2, 0) is 25.1 Å². The number of hydrogen-bond donors (Lipinski definition) is 1. The fourth-order valence-electron chi connectivity index (χ4n) is 2.63. The average Bonchev–Trinajstić information content (AvgIpc) is 3.05. The van der Waals surface area contributed by atoms with Crippen LogP contribution in [0.15, 0.2) is 21.9 Å². The molecule has 118 valence electrons. The van der Waals surface area contributed by atoms with Crippen LogP contribution in [0, 0.1) is 5.82 Å². The van der Waals surface area contributed by atoms with Gasteiger partial charge in [0.1, 0.15) is 10.7 Å². The molecule has 1 aliphatic carbocycles. The molecule has 1 aliphatic rings. The SMILES string of the molecule is CC(N)C1(c2cc(F)c(S(C)(=O)=O)c(S(C)(=O)=O)c2)CC1. The molecule has 2 rings (SSSR count). The Morgan fingerprint density at radius 1 is 1.14 bits per heavy atom. The van der Waals surface area contributed by atoms with Crippen LogP contribution in [0.25, 0.3) is 0 Å². The zero-order valence-corrected chi connectivity index (χ0v) is 13.7. The van der Waals surface area contributed by atoms with Crippen LogP contribution in [0.4, 0.5) is 4.39 Å². The van der Waals surface area contributed by atoms with Crippen molar-refractivity contribution in [3.8, 4) is 0 Å². The van der Waals surface area contributed by atoms with E-state index in [1.165, 1.54) is 6.07 Å². The minimum atomic E-state index is -3.99. The minimum absolute atomic E-state index is 0.270. The normalized spacial score (nSPS) is 19.3. The van der Waals surface area contributed by atoms with Gasteiger partial charge < -0.3 is 5.73 Å². The molecule has 5 nitrogen and oxygen atoms in total. The van der Waals surface area contributed by atoms with Crippen molar-refractivity contribution < 1.29 is 21.2 Å². The Labute approximate surface area is 124 Å². The molecule has 1 aromatic carbocycles. The van der Waals surface area contributed by atoms with Gasteiger partial charge >= 0.3 is 0 Å². The Morgan fingerprint density at radius 2 is 1.67 bits per heavy atom. The van der Waals surface area contributed by atoms with Gasteiger partial charge in [0.05, 0.1) is 4.90 Å². The molecule has 0 aliphatic heterocycles. The fourth-order valence-corrected chi connectivity index (χ4v) is 5.15. The van der Waals surface area contributed by atoms with Crippen LogP contribution in [0.3, 0.4) is 0 Å². The first kappa shape index (κ1) is 16.4. The second-order valence-corrected chi connectivity index (χ2v) is 9.71. The highest BCUT2D eigenvalue weighted by Crippen LogP contribution is 2.51. The Hall–Kier alpha value is -0.990. The molecular weight excluding hydrogens is 317 g/mol. The molecule has 1 atom stereocenters. The van der Waals surface area contributed by atoms with E-state index < -0.39 is 40.7 Å². The van der Waals surface area contributed by atoms with E-state index in [4.69, 9.17) is 5.73 Å². The first-order valence-corrected chi connectivity index (χ1v) is 10.2. The van der Waals surface area contributed by atoms with Crippen molar-refractivity contribution >= 4 is 19.7 Å². The first-order chi connectivity index (χ1) is 9.39. The molecule has 1 saturated carbocycles. The third-order valence-electron chi connectivity index (χ3n) is 4.02. The lowest BCUT2D eigenvalue weighted by Crippen LogP contribution is -2.32. The Kier molecular flexibility index (Phi) is 3.71. The quantitative estimate of drug-likeness (QED) is 0.886. The van der Waals surface area contributed by atoms with Gasteiger partial charge in [-0.15, -0.1) is 0 Å². The molecule has 1 aromatic rings. The van der Waals surface area contributed by atoms with Gasteiger partial charge in [-0.2, -0.15) is 0 Å². The Balaban J connectivity index is 2.81. The summed E-state index contributed by atoms with van der Waals surface area (Å²) in [6, 6.07) is 2.08. The second-order valence-electron chi connectivity index (χ2n) is 5.77. The molecule has 0 spiro atoms. The van der Waals surface area contributed by atoms with Gasteiger partial charge in [-0.3, -0.25) is 0 Å². The van der Waals surface area contributed by atoms with Crippen molar-refractivity contribution in [3.05, 3.63) is 23.5 Å².